The normalized spacial score (nSPS) is 16.1. The van der Waals surface area contributed by atoms with Gasteiger partial charge in [0.25, 0.3) is 10.0 Å². The molecule has 0 aromatic heterocycles. The molecule has 0 saturated carbocycles. The number of hydrogen-bond donors (Lipinski definition) is 2. The summed E-state index contributed by atoms with van der Waals surface area (Å²) in [5.41, 5.74) is 1.33. The average Bonchev–Trinajstić information content (AvgIpc) is 2.66. The fourth-order valence-electron chi connectivity index (χ4n) is 3.17. The summed E-state index contributed by atoms with van der Waals surface area (Å²) >= 11 is 0. The van der Waals surface area contributed by atoms with Gasteiger partial charge >= 0.3 is 0 Å². The van der Waals surface area contributed by atoms with E-state index in [1.165, 1.54) is 0 Å². The third-order valence-corrected chi connectivity index (χ3v) is 6.06. The summed E-state index contributed by atoms with van der Waals surface area (Å²) in [5.74, 6) is 0.735. The van der Waals surface area contributed by atoms with Gasteiger partial charge in [0, 0.05) is 6.04 Å². The summed E-state index contributed by atoms with van der Waals surface area (Å²) < 4.78 is 33.5. The molecule has 7 heteroatoms. The van der Waals surface area contributed by atoms with Gasteiger partial charge in [0.15, 0.2) is 0 Å². The number of likely N-dealkylation sites (tertiary alicyclic amines) is 1. The minimum atomic E-state index is -3.62. The van der Waals surface area contributed by atoms with Gasteiger partial charge in [-0.05, 0) is 70.2 Å². The van der Waals surface area contributed by atoms with Crippen molar-refractivity contribution in [1.82, 2.24) is 4.90 Å². The number of ether oxygens (including phenoxy) is 1. The number of nitrogens with zero attached hydrogens (tertiary/aromatic N) is 1. The zero-order valence-corrected chi connectivity index (χ0v) is 16.6. The van der Waals surface area contributed by atoms with Gasteiger partial charge in [-0.15, -0.1) is 0 Å². The van der Waals surface area contributed by atoms with Gasteiger partial charge in [-0.25, -0.2) is 8.42 Å². The third kappa shape index (κ3) is 5.14. The summed E-state index contributed by atoms with van der Waals surface area (Å²) in [7, 11) is -1.50. The van der Waals surface area contributed by atoms with Crippen LogP contribution in [0.4, 0.5) is 11.4 Å². The van der Waals surface area contributed by atoms with E-state index in [2.05, 4.69) is 22.0 Å². The molecule has 2 aromatic carbocycles. The number of sulfonamides is 1. The van der Waals surface area contributed by atoms with Gasteiger partial charge in [-0.3, -0.25) is 4.72 Å². The van der Waals surface area contributed by atoms with Crippen LogP contribution in [0.1, 0.15) is 19.8 Å². The molecule has 3 rings (SSSR count). The molecule has 1 heterocycles. The second-order valence-corrected chi connectivity index (χ2v) is 8.47. The highest BCUT2D eigenvalue weighted by molar-refractivity contribution is 7.92. The Labute approximate surface area is 161 Å². The smallest absolute Gasteiger partial charge is 0.261 e. The van der Waals surface area contributed by atoms with Crippen LogP contribution in [0, 0.1) is 0 Å². The molecule has 2 aromatic rings. The Bertz CT molecular complexity index is 848. The molecule has 0 unspecified atom stereocenters. The van der Waals surface area contributed by atoms with E-state index in [1.54, 1.807) is 36.4 Å². The number of rotatable bonds is 7. The Hall–Kier alpha value is -2.25. The maximum absolute atomic E-state index is 12.6. The Morgan fingerprint density at radius 2 is 1.81 bits per heavy atom. The number of nitrogens with one attached hydrogen (secondary N) is 2. The van der Waals surface area contributed by atoms with Gasteiger partial charge in [0.1, 0.15) is 5.75 Å². The van der Waals surface area contributed by atoms with Crippen LogP contribution in [0.2, 0.25) is 0 Å². The van der Waals surface area contributed by atoms with E-state index in [1.807, 2.05) is 19.1 Å². The van der Waals surface area contributed by atoms with Crippen molar-refractivity contribution >= 4 is 21.4 Å². The lowest BCUT2D eigenvalue weighted by atomic mass is 10.0. The lowest BCUT2D eigenvalue weighted by Gasteiger charge is -2.30. The lowest BCUT2D eigenvalue weighted by Crippen LogP contribution is -2.36. The molecule has 1 saturated heterocycles. The summed E-state index contributed by atoms with van der Waals surface area (Å²) in [6.07, 6.45) is 2.09. The van der Waals surface area contributed by atoms with Crippen LogP contribution < -0.4 is 14.8 Å². The monoisotopic (exact) mass is 389 g/mol. The zero-order valence-electron chi connectivity index (χ0n) is 15.8. The third-order valence-electron chi connectivity index (χ3n) is 4.66. The fourth-order valence-corrected chi connectivity index (χ4v) is 4.24. The van der Waals surface area contributed by atoms with Crippen LogP contribution >= 0.6 is 0 Å². The first-order valence-electron chi connectivity index (χ1n) is 9.28. The molecule has 1 fully saturated rings. The Morgan fingerprint density at radius 3 is 2.48 bits per heavy atom. The average molecular weight is 390 g/mol. The quantitative estimate of drug-likeness (QED) is 0.760. The minimum Gasteiger partial charge on any atom is -0.492 e. The Balaban J connectivity index is 1.80. The van der Waals surface area contributed by atoms with E-state index in [4.69, 9.17) is 4.74 Å². The van der Waals surface area contributed by atoms with E-state index < -0.39 is 10.0 Å². The molecule has 1 aliphatic rings. The highest BCUT2D eigenvalue weighted by Crippen LogP contribution is 2.31. The predicted molar refractivity (Wildman–Crippen MR) is 109 cm³/mol. The molecule has 0 bridgehead atoms. The van der Waals surface area contributed by atoms with E-state index >= 15 is 0 Å². The van der Waals surface area contributed by atoms with Crippen molar-refractivity contribution < 1.29 is 13.2 Å². The van der Waals surface area contributed by atoms with Crippen molar-refractivity contribution in [3.8, 4) is 5.75 Å². The maximum Gasteiger partial charge on any atom is 0.261 e. The Kier molecular flexibility index (Phi) is 6.23. The summed E-state index contributed by atoms with van der Waals surface area (Å²) in [6, 6.07) is 14.1. The van der Waals surface area contributed by atoms with Crippen molar-refractivity contribution in [1.29, 1.82) is 0 Å². The van der Waals surface area contributed by atoms with Crippen molar-refractivity contribution in [3.63, 3.8) is 0 Å². The first kappa shape index (κ1) is 19.5. The van der Waals surface area contributed by atoms with Crippen molar-refractivity contribution in [3.05, 3.63) is 48.5 Å². The zero-order chi connectivity index (χ0) is 19.3. The van der Waals surface area contributed by atoms with Crippen LogP contribution in [-0.4, -0.2) is 46.1 Å². The van der Waals surface area contributed by atoms with Crippen LogP contribution in [-0.2, 0) is 10.0 Å². The van der Waals surface area contributed by atoms with Crippen molar-refractivity contribution in [2.75, 3.05) is 36.8 Å². The SMILES string of the molecule is CCOc1ccc(NS(=O)(=O)c2ccccc2)cc1NC1CCN(C)CC1. The summed E-state index contributed by atoms with van der Waals surface area (Å²) in [4.78, 5) is 2.55. The summed E-state index contributed by atoms with van der Waals surface area (Å²) in [5, 5.41) is 3.53. The number of hydrogen-bond acceptors (Lipinski definition) is 5. The Morgan fingerprint density at radius 1 is 1.11 bits per heavy atom. The van der Waals surface area contributed by atoms with Crippen molar-refractivity contribution in [2.24, 2.45) is 0 Å². The van der Waals surface area contributed by atoms with E-state index in [0.29, 0.717) is 18.3 Å². The molecule has 27 heavy (non-hydrogen) atoms. The molecule has 0 radical (unpaired) electrons. The fraction of sp³-hybridized carbons (Fsp3) is 0.400. The maximum atomic E-state index is 12.6. The first-order valence-corrected chi connectivity index (χ1v) is 10.8. The molecule has 2 N–H and O–H groups in total. The summed E-state index contributed by atoms with van der Waals surface area (Å²) in [6.45, 7) is 4.58. The van der Waals surface area contributed by atoms with Gasteiger partial charge in [-0.1, -0.05) is 18.2 Å². The molecule has 146 valence electrons. The van der Waals surface area contributed by atoms with Crippen LogP contribution in [0.15, 0.2) is 53.4 Å². The van der Waals surface area contributed by atoms with Gasteiger partial charge < -0.3 is 15.0 Å². The molecule has 0 spiro atoms. The number of anilines is 2. The van der Waals surface area contributed by atoms with Gasteiger partial charge in [0.05, 0.1) is 22.9 Å². The predicted octanol–water partition coefficient (Wildman–Crippen LogP) is 3.39. The van der Waals surface area contributed by atoms with E-state index in [-0.39, 0.29) is 4.90 Å². The van der Waals surface area contributed by atoms with E-state index in [9.17, 15) is 8.42 Å². The molecule has 0 atom stereocenters. The lowest BCUT2D eigenvalue weighted by molar-refractivity contribution is 0.263. The molecule has 0 aliphatic carbocycles. The molecular weight excluding hydrogens is 362 g/mol. The minimum absolute atomic E-state index is 0.240. The molecule has 0 amide bonds. The standard InChI is InChI=1S/C20H27N3O3S/c1-3-26-20-10-9-17(22-27(24,25)18-7-5-4-6-8-18)15-19(20)21-16-11-13-23(2)14-12-16/h4-10,15-16,21-22H,3,11-14H2,1-2H3. The molecule has 1 aliphatic heterocycles. The van der Waals surface area contributed by atoms with Crippen LogP contribution in [0.3, 0.4) is 0 Å². The largest absolute Gasteiger partial charge is 0.492 e. The topological polar surface area (TPSA) is 70.7 Å². The molecular formula is C20H27N3O3S. The van der Waals surface area contributed by atoms with Crippen molar-refractivity contribution in [2.45, 2.75) is 30.7 Å². The first-order chi connectivity index (χ1) is 13.0. The highest BCUT2D eigenvalue weighted by atomic mass is 32.2. The molecule has 6 nitrogen and oxygen atoms in total. The highest BCUT2D eigenvalue weighted by Gasteiger charge is 2.19. The number of benzene rings is 2. The van der Waals surface area contributed by atoms with Gasteiger partial charge in [0.2, 0.25) is 0 Å². The van der Waals surface area contributed by atoms with Crippen LogP contribution in [0.5, 0.6) is 5.75 Å². The second kappa shape index (κ2) is 8.63. The van der Waals surface area contributed by atoms with Gasteiger partial charge in [-0.2, -0.15) is 0 Å². The number of piperidine rings is 1. The van der Waals surface area contributed by atoms with E-state index in [0.717, 1.165) is 37.4 Å². The van der Waals surface area contributed by atoms with Crippen LogP contribution in [0.25, 0.3) is 0 Å². The second-order valence-electron chi connectivity index (χ2n) is 6.78.